The molecule has 1 aliphatic rings. The van der Waals surface area contributed by atoms with Crippen LogP contribution in [0.4, 0.5) is 0 Å². The molecule has 0 aromatic heterocycles. The zero-order valence-corrected chi connectivity index (χ0v) is 6.72. The van der Waals surface area contributed by atoms with Crippen molar-refractivity contribution < 1.29 is 9.84 Å². The molecule has 1 rings (SSSR count). The summed E-state index contributed by atoms with van der Waals surface area (Å²) in [5.74, 6) is 0. The predicted molar refractivity (Wildman–Crippen MR) is 39.5 cm³/mol. The van der Waals surface area contributed by atoms with E-state index in [1.807, 2.05) is 13.8 Å². The van der Waals surface area contributed by atoms with Crippen molar-refractivity contribution in [3.8, 4) is 0 Å². The van der Waals surface area contributed by atoms with Gasteiger partial charge in [-0.3, -0.25) is 0 Å². The van der Waals surface area contributed by atoms with Gasteiger partial charge in [0.1, 0.15) is 0 Å². The predicted octanol–water partition coefficient (Wildman–Crippen LogP) is 1.45. The van der Waals surface area contributed by atoms with Crippen molar-refractivity contribution in [3.05, 3.63) is 11.1 Å². The smallest absolute Gasteiger partial charge is 0.177 e. The lowest BCUT2D eigenvalue weighted by atomic mass is 10.1. The van der Waals surface area contributed by atoms with E-state index >= 15 is 0 Å². The standard InChI is InChI=1S/C8H14O2/c1-4-7-5(2)8(9)10-6(7)3/h6,8-9H,4H2,1-3H3. The molecule has 0 amide bonds. The van der Waals surface area contributed by atoms with Crippen LogP contribution in [0.1, 0.15) is 27.2 Å². The van der Waals surface area contributed by atoms with Crippen LogP contribution in [0.5, 0.6) is 0 Å². The van der Waals surface area contributed by atoms with Crippen LogP contribution in [-0.2, 0) is 4.74 Å². The average Bonchev–Trinajstić information content (AvgIpc) is 2.09. The van der Waals surface area contributed by atoms with Gasteiger partial charge in [0.15, 0.2) is 6.29 Å². The molecule has 10 heavy (non-hydrogen) atoms. The monoisotopic (exact) mass is 142 g/mol. The lowest BCUT2D eigenvalue weighted by Gasteiger charge is -2.06. The number of ether oxygens (including phenoxy) is 1. The molecule has 0 saturated heterocycles. The summed E-state index contributed by atoms with van der Waals surface area (Å²) in [6.07, 6.45) is 0.439. The minimum absolute atomic E-state index is 0.111. The Bertz CT molecular complexity index is 161. The summed E-state index contributed by atoms with van der Waals surface area (Å²) < 4.78 is 5.16. The minimum atomic E-state index is -0.648. The van der Waals surface area contributed by atoms with Gasteiger partial charge in [0, 0.05) is 0 Å². The molecule has 2 unspecified atom stereocenters. The van der Waals surface area contributed by atoms with Crippen molar-refractivity contribution >= 4 is 0 Å². The largest absolute Gasteiger partial charge is 0.364 e. The van der Waals surface area contributed by atoms with Gasteiger partial charge < -0.3 is 9.84 Å². The Morgan fingerprint density at radius 3 is 2.40 bits per heavy atom. The summed E-state index contributed by atoms with van der Waals surface area (Å²) in [4.78, 5) is 0. The Hall–Kier alpha value is -0.340. The fraction of sp³-hybridized carbons (Fsp3) is 0.750. The molecule has 0 aromatic rings. The molecular formula is C8H14O2. The summed E-state index contributed by atoms with van der Waals surface area (Å²) in [7, 11) is 0. The van der Waals surface area contributed by atoms with Gasteiger partial charge in [-0.05, 0) is 31.4 Å². The van der Waals surface area contributed by atoms with E-state index in [1.165, 1.54) is 5.57 Å². The zero-order chi connectivity index (χ0) is 7.72. The van der Waals surface area contributed by atoms with Gasteiger partial charge in [0.05, 0.1) is 6.10 Å². The average molecular weight is 142 g/mol. The Morgan fingerprint density at radius 2 is 2.20 bits per heavy atom. The van der Waals surface area contributed by atoms with Crippen LogP contribution < -0.4 is 0 Å². The molecule has 0 radical (unpaired) electrons. The van der Waals surface area contributed by atoms with Crippen molar-refractivity contribution in [1.82, 2.24) is 0 Å². The first-order valence-electron chi connectivity index (χ1n) is 3.69. The third-order valence-corrected chi connectivity index (χ3v) is 2.08. The van der Waals surface area contributed by atoms with Crippen molar-refractivity contribution in [2.24, 2.45) is 0 Å². The maximum atomic E-state index is 9.19. The van der Waals surface area contributed by atoms with Crippen LogP contribution in [-0.4, -0.2) is 17.5 Å². The van der Waals surface area contributed by atoms with Gasteiger partial charge in [-0.25, -0.2) is 0 Å². The molecule has 2 heteroatoms. The van der Waals surface area contributed by atoms with Gasteiger partial charge in [-0.2, -0.15) is 0 Å². The molecule has 2 atom stereocenters. The highest BCUT2D eigenvalue weighted by atomic mass is 16.6. The van der Waals surface area contributed by atoms with Crippen molar-refractivity contribution in [3.63, 3.8) is 0 Å². The van der Waals surface area contributed by atoms with Gasteiger partial charge in [-0.15, -0.1) is 0 Å². The highest BCUT2D eigenvalue weighted by molar-refractivity contribution is 5.21. The quantitative estimate of drug-likeness (QED) is 0.561. The van der Waals surface area contributed by atoms with Crippen molar-refractivity contribution in [2.75, 3.05) is 0 Å². The van der Waals surface area contributed by atoms with E-state index in [0.29, 0.717) is 0 Å². The first-order chi connectivity index (χ1) is 4.66. The summed E-state index contributed by atoms with van der Waals surface area (Å²) in [6.45, 7) is 5.97. The van der Waals surface area contributed by atoms with E-state index in [2.05, 4.69) is 6.92 Å². The SMILES string of the molecule is CCC1=C(C)C(O)OC1C. The Labute approximate surface area is 61.5 Å². The number of hydrogen-bond acceptors (Lipinski definition) is 2. The molecule has 1 heterocycles. The summed E-state index contributed by atoms with van der Waals surface area (Å²) in [6, 6.07) is 0. The van der Waals surface area contributed by atoms with Crippen molar-refractivity contribution in [1.29, 1.82) is 0 Å². The highest BCUT2D eigenvalue weighted by Gasteiger charge is 2.25. The maximum Gasteiger partial charge on any atom is 0.177 e. The van der Waals surface area contributed by atoms with Crippen LogP contribution in [0, 0.1) is 0 Å². The van der Waals surface area contributed by atoms with Gasteiger partial charge in [0.2, 0.25) is 0 Å². The van der Waals surface area contributed by atoms with Gasteiger partial charge >= 0.3 is 0 Å². The summed E-state index contributed by atoms with van der Waals surface area (Å²) in [5.41, 5.74) is 2.24. The molecule has 0 spiro atoms. The summed E-state index contributed by atoms with van der Waals surface area (Å²) >= 11 is 0. The molecule has 0 aromatic carbocycles. The Kier molecular flexibility index (Phi) is 2.11. The number of aliphatic hydroxyl groups excluding tert-OH is 1. The Balaban J connectivity index is 2.79. The first-order valence-corrected chi connectivity index (χ1v) is 3.69. The second kappa shape index (κ2) is 2.72. The first kappa shape index (κ1) is 7.76. The molecule has 0 bridgehead atoms. The molecule has 0 fully saturated rings. The third-order valence-electron chi connectivity index (χ3n) is 2.08. The van der Waals surface area contributed by atoms with Crippen LogP contribution >= 0.6 is 0 Å². The van der Waals surface area contributed by atoms with Gasteiger partial charge in [-0.1, -0.05) is 6.92 Å². The number of rotatable bonds is 1. The van der Waals surface area contributed by atoms with E-state index in [1.54, 1.807) is 0 Å². The van der Waals surface area contributed by atoms with E-state index in [4.69, 9.17) is 4.74 Å². The second-order valence-electron chi connectivity index (χ2n) is 2.69. The summed E-state index contributed by atoms with van der Waals surface area (Å²) in [5, 5.41) is 9.19. The molecule has 1 N–H and O–H groups in total. The number of aliphatic hydroxyl groups is 1. The Morgan fingerprint density at radius 1 is 1.60 bits per heavy atom. The van der Waals surface area contributed by atoms with Crippen LogP contribution in [0.15, 0.2) is 11.1 Å². The second-order valence-corrected chi connectivity index (χ2v) is 2.69. The zero-order valence-electron chi connectivity index (χ0n) is 6.72. The highest BCUT2D eigenvalue weighted by Crippen LogP contribution is 2.27. The molecule has 58 valence electrons. The van der Waals surface area contributed by atoms with E-state index in [9.17, 15) is 5.11 Å². The molecule has 2 nitrogen and oxygen atoms in total. The molecule has 0 saturated carbocycles. The number of hydrogen-bond donors (Lipinski definition) is 1. The fourth-order valence-electron chi connectivity index (χ4n) is 1.42. The molecule has 0 aliphatic carbocycles. The normalized spacial score (nSPS) is 33.6. The molecular weight excluding hydrogens is 128 g/mol. The lowest BCUT2D eigenvalue weighted by Crippen LogP contribution is -2.10. The van der Waals surface area contributed by atoms with Crippen LogP contribution in [0.3, 0.4) is 0 Å². The third kappa shape index (κ3) is 1.09. The van der Waals surface area contributed by atoms with E-state index in [0.717, 1.165) is 12.0 Å². The minimum Gasteiger partial charge on any atom is -0.364 e. The van der Waals surface area contributed by atoms with Crippen molar-refractivity contribution in [2.45, 2.75) is 39.6 Å². The molecule has 1 aliphatic heterocycles. The maximum absolute atomic E-state index is 9.19. The lowest BCUT2D eigenvalue weighted by molar-refractivity contribution is -0.0753. The van der Waals surface area contributed by atoms with Crippen LogP contribution in [0.25, 0.3) is 0 Å². The van der Waals surface area contributed by atoms with Crippen LogP contribution in [0.2, 0.25) is 0 Å². The van der Waals surface area contributed by atoms with Gasteiger partial charge in [0.25, 0.3) is 0 Å². The topological polar surface area (TPSA) is 29.5 Å². The van der Waals surface area contributed by atoms with E-state index < -0.39 is 6.29 Å². The fourth-order valence-corrected chi connectivity index (χ4v) is 1.42. The van der Waals surface area contributed by atoms with E-state index in [-0.39, 0.29) is 6.10 Å².